The third kappa shape index (κ3) is 2.77. The minimum absolute atomic E-state index is 0.104. The monoisotopic (exact) mass is 253 g/mol. The fraction of sp³-hybridized carbons (Fsp3) is 0.462. The summed E-state index contributed by atoms with van der Waals surface area (Å²) in [7, 11) is 0. The van der Waals surface area contributed by atoms with Crippen molar-refractivity contribution in [2.75, 3.05) is 13.2 Å². The van der Waals surface area contributed by atoms with Crippen LogP contribution in [0.5, 0.6) is 0 Å². The molecule has 1 fully saturated rings. The van der Waals surface area contributed by atoms with Gasteiger partial charge in [-0.15, -0.1) is 0 Å². The average Bonchev–Trinajstić information content (AvgIpc) is 2.35. The van der Waals surface area contributed by atoms with Gasteiger partial charge in [-0.3, -0.25) is 0 Å². The summed E-state index contributed by atoms with van der Waals surface area (Å²) in [6, 6.07) is 6.94. The van der Waals surface area contributed by atoms with Crippen LogP contribution < -0.4 is 0 Å². The van der Waals surface area contributed by atoms with E-state index in [2.05, 4.69) is 6.07 Å². The van der Waals surface area contributed by atoms with Gasteiger partial charge in [-0.2, -0.15) is 5.26 Å². The summed E-state index contributed by atoms with van der Waals surface area (Å²) < 4.78 is 18.4. The molecule has 0 saturated carbocycles. The van der Waals surface area contributed by atoms with E-state index in [1.165, 1.54) is 6.07 Å². The van der Waals surface area contributed by atoms with Gasteiger partial charge in [0, 0.05) is 6.61 Å². The van der Waals surface area contributed by atoms with E-state index in [4.69, 9.17) is 16.3 Å². The number of ether oxygens (including phenoxy) is 1. The lowest BCUT2D eigenvalue weighted by molar-refractivity contribution is 0.0223. The van der Waals surface area contributed by atoms with Gasteiger partial charge < -0.3 is 4.74 Å². The number of hydrogen-bond donors (Lipinski definition) is 0. The van der Waals surface area contributed by atoms with Gasteiger partial charge in [0.1, 0.15) is 5.82 Å². The topological polar surface area (TPSA) is 33.0 Å². The van der Waals surface area contributed by atoms with Crippen molar-refractivity contribution in [3.8, 4) is 6.07 Å². The molecule has 17 heavy (non-hydrogen) atoms. The first-order valence-electron chi connectivity index (χ1n) is 5.58. The number of benzene rings is 1. The van der Waals surface area contributed by atoms with Gasteiger partial charge in [0.05, 0.1) is 23.1 Å². The van der Waals surface area contributed by atoms with Crippen LogP contribution in [0.2, 0.25) is 5.02 Å². The molecule has 2 rings (SSSR count). The maximum absolute atomic E-state index is 13.0. The smallest absolute Gasteiger partial charge is 0.141 e. The zero-order valence-corrected chi connectivity index (χ0v) is 10.1. The maximum atomic E-state index is 13.0. The molecule has 0 amide bonds. The highest BCUT2D eigenvalue weighted by Crippen LogP contribution is 2.32. The van der Waals surface area contributed by atoms with Gasteiger partial charge in [0.2, 0.25) is 0 Å². The first-order chi connectivity index (χ1) is 8.15. The Kier molecular flexibility index (Phi) is 3.66. The fourth-order valence-electron chi connectivity index (χ4n) is 2.16. The van der Waals surface area contributed by atoms with Crippen molar-refractivity contribution in [3.05, 3.63) is 34.6 Å². The maximum Gasteiger partial charge on any atom is 0.141 e. The quantitative estimate of drug-likeness (QED) is 0.810. The highest BCUT2D eigenvalue weighted by atomic mass is 35.5. The molecule has 1 heterocycles. The van der Waals surface area contributed by atoms with Crippen LogP contribution in [0.1, 0.15) is 18.4 Å². The van der Waals surface area contributed by atoms with Crippen molar-refractivity contribution in [2.24, 2.45) is 5.41 Å². The Bertz CT molecular complexity index is 449. The molecule has 0 bridgehead atoms. The van der Waals surface area contributed by atoms with Gasteiger partial charge in [0.15, 0.2) is 0 Å². The first kappa shape index (κ1) is 12.3. The highest BCUT2D eigenvalue weighted by Gasteiger charge is 2.33. The second kappa shape index (κ2) is 5.03. The van der Waals surface area contributed by atoms with Crippen LogP contribution in [0, 0.1) is 22.6 Å². The Hall–Kier alpha value is -1.11. The molecule has 1 aliphatic rings. The number of halogens is 2. The summed E-state index contributed by atoms with van der Waals surface area (Å²) in [5, 5.41) is 9.39. The van der Waals surface area contributed by atoms with Crippen molar-refractivity contribution in [3.63, 3.8) is 0 Å². The largest absolute Gasteiger partial charge is 0.380 e. The Morgan fingerprint density at radius 2 is 2.35 bits per heavy atom. The van der Waals surface area contributed by atoms with Crippen molar-refractivity contribution in [2.45, 2.75) is 19.3 Å². The van der Waals surface area contributed by atoms with E-state index in [0.717, 1.165) is 18.4 Å². The number of hydrogen-bond acceptors (Lipinski definition) is 2. The van der Waals surface area contributed by atoms with E-state index < -0.39 is 11.2 Å². The minimum Gasteiger partial charge on any atom is -0.380 e. The van der Waals surface area contributed by atoms with Crippen LogP contribution >= 0.6 is 11.6 Å². The van der Waals surface area contributed by atoms with Crippen LogP contribution in [0.4, 0.5) is 4.39 Å². The van der Waals surface area contributed by atoms with Crippen LogP contribution in [0.15, 0.2) is 18.2 Å². The van der Waals surface area contributed by atoms with E-state index in [9.17, 15) is 9.65 Å². The first-order valence-corrected chi connectivity index (χ1v) is 5.96. The number of nitriles is 1. The minimum atomic E-state index is -0.487. The molecule has 90 valence electrons. The van der Waals surface area contributed by atoms with E-state index in [-0.39, 0.29) is 5.02 Å². The molecule has 1 aromatic rings. The third-order valence-electron chi connectivity index (χ3n) is 3.09. The molecule has 1 aromatic carbocycles. The summed E-state index contributed by atoms with van der Waals surface area (Å²) in [5.74, 6) is -0.429. The summed E-state index contributed by atoms with van der Waals surface area (Å²) in [6.07, 6.45) is 2.27. The fourth-order valence-corrected chi connectivity index (χ4v) is 2.36. The predicted molar refractivity (Wildman–Crippen MR) is 63.2 cm³/mol. The van der Waals surface area contributed by atoms with Crippen molar-refractivity contribution in [1.29, 1.82) is 5.26 Å². The van der Waals surface area contributed by atoms with Crippen molar-refractivity contribution >= 4 is 11.6 Å². The molecule has 0 spiro atoms. The van der Waals surface area contributed by atoms with E-state index in [0.29, 0.717) is 19.6 Å². The lowest BCUT2D eigenvalue weighted by Gasteiger charge is -2.30. The third-order valence-corrected chi connectivity index (χ3v) is 3.38. The Balaban J connectivity index is 2.18. The van der Waals surface area contributed by atoms with E-state index >= 15 is 0 Å². The van der Waals surface area contributed by atoms with Crippen LogP contribution in [-0.4, -0.2) is 13.2 Å². The lowest BCUT2D eigenvalue weighted by atomic mass is 9.79. The molecule has 0 radical (unpaired) electrons. The number of rotatable bonds is 2. The molecular weight excluding hydrogens is 241 g/mol. The molecule has 2 nitrogen and oxygen atoms in total. The summed E-state index contributed by atoms with van der Waals surface area (Å²) in [4.78, 5) is 0. The molecular formula is C13H13ClFNO. The molecule has 1 unspecified atom stereocenters. The SMILES string of the molecule is N#CC1(Cc2ccc(F)c(Cl)c2)CCCOC1. The van der Waals surface area contributed by atoms with E-state index in [1.807, 2.05) is 0 Å². The molecule has 1 atom stereocenters. The molecule has 1 aliphatic heterocycles. The van der Waals surface area contributed by atoms with Crippen LogP contribution in [-0.2, 0) is 11.2 Å². The van der Waals surface area contributed by atoms with E-state index in [1.54, 1.807) is 12.1 Å². The van der Waals surface area contributed by atoms with Crippen LogP contribution in [0.25, 0.3) is 0 Å². The Morgan fingerprint density at radius 3 is 2.94 bits per heavy atom. The van der Waals surface area contributed by atoms with Gasteiger partial charge >= 0.3 is 0 Å². The number of nitrogens with zero attached hydrogens (tertiary/aromatic N) is 1. The average molecular weight is 254 g/mol. The molecule has 1 saturated heterocycles. The highest BCUT2D eigenvalue weighted by molar-refractivity contribution is 6.30. The van der Waals surface area contributed by atoms with Gasteiger partial charge in [0.25, 0.3) is 0 Å². The van der Waals surface area contributed by atoms with Gasteiger partial charge in [-0.1, -0.05) is 17.7 Å². The van der Waals surface area contributed by atoms with Crippen LogP contribution in [0.3, 0.4) is 0 Å². The normalized spacial score (nSPS) is 24.3. The standard InChI is InChI=1S/C13H13ClFNO/c14-11-6-10(2-3-12(11)15)7-13(8-16)4-1-5-17-9-13/h2-3,6H,1,4-5,7,9H2. The zero-order chi connectivity index (χ0) is 12.3. The second-order valence-corrected chi connectivity index (χ2v) is 4.88. The summed E-state index contributed by atoms with van der Waals surface area (Å²) in [6.45, 7) is 1.16. The Morgan fingerprint density at radius 1 is 1.53 bits per heavy atom. The second-order valence-electron chi connectivity index (χ2n) is 4.47. The van der Waals surface area contributed by atoms with Gasteiger partial charge in [-0.25, -0.2) is 4.39 Å². The molecule has 0 aliphatic carbocycles. The zero-order valence-electron chi connectivity index (χ0n) is 9.38. The lowest BCUT2D eigenvalue weighted by Crippen LogP contribution is -2.32. The van der Waals surface area contributed by atoms with Gasteiger partial charge in [-0.05, 0) is 37.0 Å². The molecule has 0 aromatic heterocycles. The predicted octanol–water partition coefficient (Wildman–Crippen LogP) is 3.34. The van der Waals surface area contributed by atoms with Crippen molar-refractivity contribution in [1.82, 2.24) is 0 Å². The molecule has 4 heteroatoms. The molecule has 0 N–H and O–H groups in total. The van der Waals surface area contributed by atoms with Crippen molar-refractivity contribution < 1.29 is 9.13 Å². The summed E-state index contributed by atoms with van der Waals surface area (Å²) in [5.41, 5.74) is 0.391. The Labute approximate surface area is 105 Å². The summed E-state index contributed by atoms with van der Waals surface area (Å²) >= 11 is 5.73.